The summed E-state index contributed by atoms with van der Waals surface area (Å²) in [5.41, 5.74) is 2.45. The number of ether oxygens (including phenoxy) is 6. The Balaban J connectivity index is 1.31. The quantitative estimate of drug-likeness (QED) is 0.323. The van der Waals surface area contributed by atoms with Crippen LogP contribution in [-0.4, -0.2) is 59.8 Å². The number of carbonyl (C=O) groups is 1. The van der Waals surface area contributed by atoms with E-state index < -0.39 is 48.2 Å². The van der Waals surface area contributed by atoms with Crippen molar-refractivity contribution in [3.63, 3.8) is 0 Å². The monoisotopic (exact) mass is 525 g/mol. The standard InChI is InChI=1S/C30H39NO7/c1-7-9-11-18(10-8-2)19-12-13-22-20(14-19)15-21(16-31-22)27(32)33-17-23-24-25(36-29(3,4)35-24)26-28(34-23)38-30(5,6)37-26/h9,11-16,18,23-26,28H,7-8,10,17H2,1-6H3/b11-9+/t18?,23-,24+,25+,26-,28-/m1/s1. The highest BCUT2D eigenvalue weighted by atomic mass is 16.9. The zero-order chi connectivity index (χ0) is 27.1. The van der Waals surface area contributed by atoms with Gasteiger partial charge in [0.05, 0.1) is 11.1 Å². The number of hydrogen-bond donors (Lipinski definition) is 0. The zero-order valence-electron chi connectivity index (χ0n) is 23.1. The van der Waals surface area contributed by atoms with Gasteiger partial charge in [-0.25, -0.2) is 4.79 Å². The minimum absolute atomic E-state index is 0.00902. The molecule has 0 spiro atoms. The molecule has 0 amide bonds. The first-order chi connectivity index (χ1) is 18.1. The van der Waals surface area contributed by atoms with E-state index in [4.69, 9.17) is 28.4 Å². The van der Waals surface area contributed by atoms with Crippen molar-refractivity contribution in [2.45, 2.75) is 109 Å². The number of carbonyl (C=O) groups excluding carboxylic acids is 1. The average Bonchev–Trinajstić information content (AvgIpc) is 3.37. The fourth-order valence-corrected chi connectivity index (χ4v) is 5.55. The second-order valence-electron chi connectivity index (χ2n) is 11.2. The van der Waals surface area contributed by atoms with Crippen LogP contribution in [0, 0.1) is 0 Å². The largest absolute Gasteiger partial charge is 0.459 e. The molecule has 2 aromatic rings. The lowest BCUT2D eigenvalue weighted by atomic mass is 9.92. The summed E-state index contributed by atoms with van der Waals surface area (Å²) in [5, 5.41) is 0.910. The smallest absolute Gasteiger partial charge is 0.339 e. The van der Waals surface area contributed by atoms with Gasteiger partial charge in [-0.05, 0) is 64.3 Å². The van der Waals surface area contributed by atoms with Crippen molar-refractivity contribution in [2.75, 3.05) is 6.61 Å². The van der Waals surface area contributed by atoms with E-state index in [1.807, 2.05) is 39.8 Å². The van der Waals surface area contributed by atoms with Crippen molar-refractivity contribution < 1.29 is 33.2 Å². The lowest BCUT2D eigenvalue weighted by molar-refractivity contribution is -0.240. The van der Waals surface area contributed by atoms with Crippen LogP contribution in [0.1, 0.15) is 82.6 Å². The number of esters is 1. The molecule has 0 radical (unpaired) electrons. The highest BCUT2D eigenvalue weighted by molar-refractivity contribution is 5.93. The minimum Gasteiger partial charge on any atom is -0.459 e. The molecular weight excluding hydrogens is 486 g/mol. The molecule has 3 fully saturated rings. The van der Waals surface area contributed by atoms with Crippen molar-refractivity contribution in [3.8, 4) is 0 Å². The Labute approximate surface area is 224 Å². The third-order valence-electron chi connectivity index (χ3n) is 7.20. The van der Waals surface area contributed by atoms with Gasteiger partial charge in [0.1, 0.15) is 31.0 Å². The van der Waals surface area contributed by atoms with Gasteiger partial charge in [-0.1, -0.05) is 38.5 Å². The van der Waals surface area contributed by atoms with E-state index in [0.29, 0.717) is 11.5 Å². The topological polar surface area (TPSA) is 85.3 Å². The molecule has 0 bridgehead atoms. The molecule has 1 unspecified atom stereocenters. The van der Waals surface area contributed by atoms with E-state index in [2.05, 4.69) is 43.1 Å². The number of allylic oxidation sites excluding steroid dienone is 2. The second-order valence-corrected chi connectivity index (χ2v) is 11.2. The van der Waals surface area contributed by atoms with Gasteiger partial charge in [0, 0.05) is 17.5 Å². The molecule has 38 heavy (non-hydrogen) atoms. The molecule has 0 aliphatic carbocycles. The highest BCUT2D eigenvalue weighted by Gasteiger charge is 2.60. The maximum atomic E-state index is 13.1. The van der Waals surface area contributed by atoms with Crippen molar-refractivity contribution in [1.29, 1.82) is 0 Å². The lowest BCUT2D eigenvalue weighted by Gasteiger charge is -2.36. The normalized spacial score (nSPS) is 30.3. The summed E-state index contributed by atoms with van der Waals surface area (Å²) in [6.07, 6.45) is 6.72. The van der Waals surface area contributed by atoms with Crippen LogP contribution in [0.25, 0.3) is 10.9 Å². The van der Waals surface area contributed by atoms with Crippen molar-refractivity contribution >= 4 is 16.9 Å². The van der Waals surface area contributed by atoms with Gasteiger partial charge in [-0.3, -0.25) is 4.98 Å². The molecule has 8 heteroatoms. The first-order valence-corrected chi connectivity index (χ1v) is 13.7. The number of aromatic nitrogens is 1. The van der Waals surface area contributed by atoms with Crippen LogP contribution in [0.3, 0.4) is 0 Å². The van der Waals surface area contributed by atoms with Crippen molar-refractivity contribution in [1.82, 2.24) is 4.98 Å². The van der Waals surface area contributed by atoms with E-state index in [0.717, 1.165) is 30.2 Å². The van der Waals surface area contributed by atoms with E-state index in [1.54, 1.807) is 6.20 Å². The number of nitrogens with zero attached hydrogens (tertiary/aromatic N) is 1. The van der Waals surface area contributed by atoms with Crippen LogP contribution in [0.2, 0.25) is 0 Å². The number of pyridine rings is 1. The third kappa shape index (κ3) is 5.65. The number of rotatable bonds is 8. The second kappa shape index (κ2) is 10.7. The van der Waals surface area contributed by atoms with Crippen LogP contribution in [-0.2, 0) is 28.4 Å². The van der Waals surface area contributed by atoms with Gasteiger partial charge in [0.15, 0.2) is 17.9 Å². The zero-order valence-corrected chi connectivity index (χ0v) is 23.1. The lowest BCUT2D eigenvalue weighted by Crippen LogP contribution is -2.56. The fourth-order valence-electron chi connectivity index (χ4n) is 5.55. The third-order valence-corrected chi connectivity index (χ3v) is 7.20. The molecule has 6 atom stereocenters. The van der Waals surface area contributed by atoms with Crippen LogP contribution in [0.15, 0.2) is 42.6 Å². The van der Waals surface area contributed by atoms with Crippen molar-refractivity contribution in [3.05, 3.63) is 53.7 Å². The Hall–Kier alpha value is -2.36. The van der Waals surface area contributed by atoms with E-state index in [1.165, 1.54) is 5.56 Å². The van der Waals surface area contributed by atoms with E-state index >= 15 is 0 Å². The molecular formula is C30H39NO7. The van der Waals surface area contributed by atoms with Gasteiger partial charge in [0.25, 0.3) is 0 Å². The van der Waals surface area contributed by atoms with Crippen LogP contribution < -0.4 is 0 Å². The summed E-state index contributed by atoms with van der Waals surface area (Å²) in [4.78, 5) is 17.6. The van der Waals surface area contributed by atoms with Gasteiger partial charge in [-0.15, -0.1) is 0 Å². The molecule has 0 N–H and O–H groups in total. The van der Waals surface area contributed by atoms with Gasteiger partial charge >= 0.3 is 5.97 Å². The maximum Gasteiger partial charge on any atom is 0.339 e. The highest BCUT2D eigenvalue weighted by Crippen LogP contribution is 2.44. The Kier molecular flexibility index (Phi) is 7.64. The Morgan fingerprint density at radius 3 is 2.53 bits per heavy atom. The predicted octanol–water partition coefficient (Wildman–Crippen LogP) is 5.64. The molecule has 4 heterocycles. The summed E-state index contributed by atoms with van der Waals surface area (Å²) in [6.45, 7) is 11.7. The molecule has 1 aromatic heterocycles. The van der Waals surface area contributed by atoms with Crippen LogP contribution >= 0.6 is 0 Å². The molecule has 3 aliphatic rings. The average molecular weight is 526 g/mol. The molecule has 1 aromatic carbocycles. The summed E-state index contributed by atoms with van der Waals surface area (Å²) in [5.74, 6) is -1.75. The van der Waals surface area contributed by atoms with Crippen molar-refractivity contribution in [2.24, 2.45) is 0 Å². The van der Waals surface area contributed by atoms with Gasteiger partial charge in [0.2, 0.25) is 0 Å². The summed E-state index contributed by atoms with van der Waals surface area (Å²) >= 11 is 0. The molecule has 0 saturated carbocycles. The molecule has 3 aliphatic heterocycles. The fraction of sp³-hybridized carbons (Fsp3) is 0.600. The van der Waals surface area contributed by atoms with Gasteiger partial charge in [-0.2, -0.15) is 0 Å². The summed E-state index contributed by atoms with van der Waals surface area (Å²) in [7, 11) is 0. The molecule has 3 saturated heterocycles. The maximum absolute atomic E-state index is 13.1. The molecule has 206 valence electrons. The van der Waals surface area contributed by atoms with Gasteiger partial charge < -0.3 is 28.4 Å². The van der Waals surface area contributed by atoms with Crippen LogP contribution in [0.4, 0.5) is 0 Å². The number of benzene rings is 1. The Morgan fingerprint density at radius 2 is 1.76 bits per heavy atom. The Bertz CT molecular complexity index is 1190. The molecule has 5 rings (SSSR count). The summed E-state index contributed by atoms with van der Waals surface area (Å²) in [6, 6.07) is 8.10. The SMILES string of the molecule is CC/C=C/C(CCC)c1ccc2ncc(C(=O)OC[C@H]3O[C@@H]4OC(C)(C)O[C@@H]4[C@H]4OC(C)(C)O[C@H]43)cc2c1. The predicted molar refractivity (Wildman–Crippen MR) is 142 cm³/mol. The first-order valence-electron chi connectivity index (χ1n) is 13.7. The van der Waals surface area contributed by atoms with E-state index in [-0.39, 0.29) is 6.61 Å². The minimum atomic E-state index is -0.812. The number of fused-ring (bicyclic) bond motifs is 4. The number of hydrogen-bond acceptors (Lipinski definition) is 8. The van der Waals surface area contributed by atoms with Crippen LogP contribution in [0.5, 0.6) is 0 Å². The summed E-state index contributed by atoms with van der Waals surface area (Å²) < 4.78 is 36.1. The molecule has 8 nitrogen and oxygen atoms in total. The first kappa shape index (κ1) is 27.2. The van der Waals surface area contributed by atoms with E-state index in [9.17, 15) is 4.79 Å². The Morgan fingerprint density at radius 1 is 1.03 bits per heavy atom.